The molecule has 6 aromatic carbocycles. The van der Waals surface area contributed by atoms with Crippen molar-refractivity contribution >= 4 is 89.7 Å². The van der Waals surface area contributed by atoms with Gasteiger partial charge in [0.05, 0.1) is 11.2 Å². The summed E-state index contributed by atoms with van der Waals surface area (Å²) >= 11 is 0. The lowest BCUT2D eigenvalue weighted by molar-refractivity contribution is 0.589. The minimum atomic E-state index is -0.0800. The van der Waals surface area contributed by atoms with Gasteiger partial charge in [-0.1, -0.05) is 114 Å². The molecule has 6 heterocycles. The van der Waals surface area contributed by atoms with E-state index in [0.29, 0.717) is 0 Å². The number of rotatable bonds is 0. The summed E-state index contributed by atoms with van der Waals surface area (Å²) in [6.45, 7) is 14.2. The maximum absolute atomic E-state index is 6.90. The summed E-state index contributed by atoms with van der Waals surface area (Å²) in [4.78, 5) is 2.62. The van der Waals surface area contributed by atoms with Crippen LogP contribution in [0, 0.1) is 0 Å². The van der Waals surface area contributed by atoms with E-state index in [9.17, 15) is 0 Å². The molecule has 0 unspecified atom stereocenters. The number of nitrogens with zero attached hydrogens (tertiary/aromatic N) is 3. The first-order valence-corrected chi connectivity index (χ1v) is 18.2. The third-order valence-corrected chi connectivity index (χ3v) is 12.1. The highest BCUT2D eigenvalue weighted by Gasteiger charge is 2.48. The smallest absolute Gasteiger partial charge is 0.255 e. The summed E-state index contributed by atoms with van der Waals surface area (Å²) in [6, 6.07) is 41.1. The highest BCUT2D eigenvalue weighted by Crippen LogP contribution is 2.54. The summed E-state index contributed by atoms with van der Waals surface area (Å²) in [5.74, 6) is 0. The molecule has 12 rings (SSSR count). The van der Waals surface area contributed by atoms with Crippen molar-refractivity contribution in [2.45, 2.75) is 52.4 Å². The lowest BCUT2D eigenvalue weighted by atomic mass is 9.33. The Morgan fingerprint density at radius 1 is 0.608 bits per heavy atom. The van der Waals surface area contributed by atoms with E-state index in [1.54, 1.807) is 0 Å². The molecule has 4 nitrogen and oxygen atoms in total. The minimum absolute atomic E-state index is 0.0340. The van der Waals surface area contributed by atoms with E-state index in [2.05, 4.69) is 165 Å². The molecule has 0 fully saturated rings. The fourth-order valence-electron chi connectivity index (χ4n) is 9.92. The first-order chi connectivity index (χ1) is 24.6. The standard InChI is InChI=1S/C46H36BN3O/c1-45(2,3)25-22-35-40-36(23-25)50-43-39(29-15-8-11-20-34(29)49(43)41-30-16-9-12-21-37(30)51-44(41)50)47(40)32-24-31(46(4,5)6)28-18-13-17-27-26-14-7-10-19-33(26)48(35)42(32)38(27)28/h7-24H,1-6H3. The van der Waals surface area contributed by atoms with Crippen LogP contribution in [-0.4, -0.2) is 15.7 Å². The summed E-state index contributed by atoms with van der Waals surface area (Å²) in [5.41, 5.74) is 19.8. The first kappa shape index (κ1) is 28.1. The van der Waals surface area contributed by atoms with Crippen LogP contribution in [0.4, 0.5) is 17.1 Å². The third kappa shape index (κ3) is 3.21. The topological polar surface area (TPSA) is 25.7 Å². The van der Waals surface area contributed by atoms with Gasteiger partial charge in [-0.15, -0.1) is 0 Å². The molecule has 0 saturated carbocycles. The van der Waals surface area contributed by atoms with Crippen molar-refractivity contribution in [3.05, 3.63) is 120 Å². The van der Waals surface area contributed by atoms with Crippen LogP contribution < -0.4 is 21.3 Å². The van der Waals surface area contributed by atoms with Crippen molar-refractivity contribution in [3.8, 4) is 16.8 Å². The Labute approximate surface area is 296 Å². The Balaban J connectivity index is 1.37. The predicted molar refractivity (Wildman–Crippen MR) is 215 cm³/mol. The molecule has 3 aliphatic heterocycles. The number of para-hydroxylation sites is 3. The molecule has 0 spiro atoms. The summed E-state index contributed by atoms with van der Waals surface area (Å²) < 4.78 is 11.9. The molecule has 0 radical (unpaired) electrons. The molecule has 0 saturated heterocycles. The number of hydrogen-bond acceptors (Lipinski definition) is 2. The van der Waals surface area contributed by atoms with Crippen LogP contribution in [0.5, 0.6) is 0 Å². The van der Waals surface area contributed by atoms with E-state index >= 15 is 0 Å². The molecule has 51 heavy (non-hydrogen) atoms. The molecule has 5 heteroatoms. The maximum atomic E-state index is 6.90. The van der Waals surface area contributed by atoms with E-state index in [1.165, 1.54) is 88.7 Å². The van der Waals surface area contributed by atoms with Crippen LogP contribution in [0.3, 0.4) is 0 Å². The second kappa shape index (κ2) is 8.78. The Morgan fingerprint density at radius 2 is 1.31 bits per heavy atom. The second-order valence-electron chi connectivity index (χ2n) is 17.0. The summed E-state index contributed by atoms with van der Waals surface area (Å²) in [7, 11) is 0. The average Bonchev–Trinajstić information content (AvgIpc) is 3.76. The SMILES string of the molecule is CC(C)(C)c1cc2c3c(c1)-n1c4oc5ccccc5c4n4c5ccccc5c(c14)B3c1cc(C(C)(C)C)c3cccc4c3c1N2c1ccccc1-4. The molecule has 3 aromatic heterocycles. The minimum Gasteiger partial charge on any atom is -0.437 e. The lowest BCUT2D eigenvalue weighted by Gasteiger charge is -2.44. The zero-order valence-corrected chi connectivity index (χ0v) is 29.7. The van der Waals surface area contributed by atoms with Gasteiger partial charge in [-0.3, -0.25) is 8.97 Å². The number of imidazole rings is 1. The molecule has 244 valence electrons. The molecule has 0 amide bonds. The fourth-order valence-corrected chi connectivity index (χ4v) is 9.92. The van der Waals surface area contributed by atoms with E-state index in [4.69, 9.17) is 4.42 Å². The van der Waals surface area contributed by atoms with Gasteiger partial charge in [0.25, 0.3) is 6.71 Å². The summed E-state index contributed by atoms with van der Waals surface area (Å²) in [5, 5.41) is 5.17. The van der Waals surface area contributed by atoms with E-state index in [0.717, 1.165) is 22.2 Å². The number of benzene rings is 6. The van der Waals surface area contributed by atoms with Crippen LogP contribution in [0.2, 0.25) is 0 Å². The zero-order chi connectivity index (χ0) is 34.3. The summed E-state index contributed by atoms with van der Waals surface area (Å²) in [6.07, 6.45) is 0. The Bertz CT molecular complexity index is 3070. The maximum Gasteiger partial charge on any atom is 0.255 e. The van der Waals surface area contributed by atoms with Gasteiger partial charge in [0.2, 0.25) is 5.71 Å². The van der Waals surface area contributed by atoms with E-state index in [1.807, 2.05) is 0 Å². The van der Waals surface area contributed by atoms with Gasteiger partial charge >= 0.3 is 0 Å². The largest absolute Gasteiger partial charge is 0.437 e. The molecular weight excluding hydrogens is 621 g/mol. The lowest BCUT2D eigenvalue weighted by Crippen LogP contribution is -2.61. The Kier molecular flexibility index (Phi) is 4.83. The molecule has 3 aliphatic rings. The first-order valence-electron chi connectivity index (χ1n) is 18.2. The highest BCUT2D eigenvalue weighted by molar-refractivity contribution is 7.01. The van der Waals surface area contributed by atoms with Crippen LogP contribution in [0.15, 0.2) is 114 Å². The van der Waals surface area contributed by atoms with Crippen LogP contribution in [0.1, 0.15) is 52.7 Å². The molecule has 0 N–H and O–H groups in total. The molecule has 0 atom stereocenters. The van der Waals surface area contributed by atoms with Crippen molar-refractivity contribution in [2.75, 3.05) is 4.90 Å². The normalized spacial score (nSPS) is 14.4. The number of furan rings is 1. The van der Waals surface area contributed by atoms with Crippen molar-refractivity contribution in [1.29, 1.82) is 0 Å². The molecule has 0 aliphatic carbocycles. The zero-order valence-electron chi connectivity index (χ0n) is 29.7. The number of aromatic nitrogens is 2. The Hall–Kier alpha value is -5.68. The third-order valence-electron chi connectivity index (χ3n) is 12.1. The van der Waals surface area contributed by atoms with Crippen molar-refractivity contribution in [3.63, 3.8) is 0 Å². The van der Waals surface area contributed by atoms with Crippen molar-refractivity contribution < 1.29 is 4.42 Å². The predicted octanol–water partition coefficient (Wildman–Crippen LogP) is 10.1. The monoisotopic (exact) mass is 657 g/mol. The Morgan fingerprint density at radius 3 is 2.14 bits per heavy atom. The molecular formula is C46H36BN3O. The van der Waals surface area contributed by atoms with Gasteiger partial charge in [0.1, 0.15) is 16.7 Å². The molecule has 0 bridgehead atoms. The van der Waals surface area contributed by atoms with Crippen molar-refractivity contribution in [1.82, 2.24) is 8.97 Å². The number of fused-ring (bicyclic) bond motifs is 15. The van der Waals surface area contributed by atoms with Crippen LogP contribution >= 0.6 is 0 Å². The van der Waals surface area contributed by atoms with Crippen LogP contribution in [-0.2, 0) is 10.8 Å². The van der Waals surface area contributed by atoms with Gasteiger partial charge in [0.15, 0.2) is 0 Å². The quantitative estimate of drug-likeness (QED) is 0.152. The van der Waals surface area contributed by atoms with Crippen LogP contribution in [0.25, 0.3) is 66.3 Å². The number of hydrogen-bond donors (Lipinski definition) is 0. The fraction of sp³-hybridized carbons (Fsp3) is 0.174. The second-order valence-corrected chi connectivity index (χ2v) is 17.0. The van der Waals surface area contributed by atoms with Gasteiger partial charge < -0.3 is 9.32 Å². The van der Waals surface area contributed by atoms with Gasteiger partial charge in [-0.05, 0) is 91.1 Å². The van der Waals surface area contributed by atoms with Gasteiger partial charge in [-0.25, -0.2) is 0 Å². The van der Waals surface area contributed by atoms with Gasteiger partial charge in [-0.2, -0.15) is 0 Å². The van der Waals surface area contributed by atoms with Gasteiger partial charge in [0, 0.05) is 33.4 Å². The van der Waals surface area contributed by atoms with E-state index < -0.39 is 0 Å². The highest BCUT2D eigenvalue weighted by atomic mass is 16.3. The number of anilines is 3. The molecule has 9 aromatic rings. The van der Waals surface area contributed by atoms with E-state index in [-0.39, 0.29) is 17.5 Å². The average molecular weight is 658 g/mol. The van der Waals surface area contributed by atoms with Crippen molar-refractivity contribution in [2.24, 2.45) is 0 Å².